The summed E-state index contributed by atoms with van der Waals surface area (Å²) in [5.74, 6) is 0.287. The predicted octanol–water partition coefficient (Wildman–Crippen LogP) is 4.64. The summed E-state index contributed by atoms with van der Waals surface area (Å²) in [7, 11) is 1.97. The molecule has 0 saturated heterocycles. The molecule has 0 aromatic rings. The normalized spacial score (nSPS) is 12.4. The second-order valence-electron chi connectivity index (χ2n) is 8.77. The van der Waals surface area contributed by atoms with Gasteiger partial charge in [-0.05, 0) is 44.2 Å². The van der Waals surface area contributed by atoms with Gasteiger partial charge in [0.2, 0.25) is 0 Å². The molecule has 0 fully saturated rings. The summed E-state index contributed by atoms with van der Waals surface area (Å²) >= 11 is 0. The monoisotopic (exact) mass is 313 g/mol. The van der Waals surface area contributed by atoms with Gasteiger partial charge in [0.25, 0.3) is 0 Å². The van der Waals surface area contributed by atoms with Crippen molar-refractivity contribution < 1.29 is 9.59 Å². The molecule has 3 heteroatoms. The van der Waals surface area contributed by atoms with Gasteiger partial charge in [0.1, 0.15) is 12.1 Å². The Morgan fingerprint density at radius 2 is 1.55 bits per heavy atom. The van der Waals surface area contributed by atoms with Gasteiger partial charge in [0.15, 0.2) is 0 Å². The highest BCUT2D eigenvalue weighted by Crippen LogP contribution is 2.35. The van der Waals surface area contributed by atoms with E-state index in [1.54, 1.807) is 6.92 Å². The molecule has 0 bridgehead atoms. The van der Waals surface area contributed by atoms with Gasteiger partial charge in [-0.1, -0.05) is 54.9 Å². The number of ketones is 1. The van der Waals surface area contributed by atoms with Crippen molar-refractivity contribution in [3.8, 4) is 0 Å². The molecule has 3 nitrogen and oxygen atoms in total. The lowest BCUT2D eigenvalue weighted by molar-refractivity contribution is -0.119. The third-order valence-corrected chi connectivity index (χ3v) is 3.55. The zero-order chi connectivity index (χ0) is 18.0. The summed E-state index contributed by atoms with van der Waals surface area (Å²) in [5.41, 5.74) is 0.286. The quantitative estimate of drug-likeness (QED) is 0.631. The van der Waals surface area contributed by atoms with Crippen molar-refractivity contribution in [3.05, 3.63) is 0 Å². The summed E-state index contributed by atoms with van der Waals surface area (Å²) in [6.07, 6.45) is 4.86. The number of hydrogen-bond acceptors (Lipinski definition) is 3. The minimum atomic E-state index is -0.0885. The Kier molecular flexibility index (Phi) is 10.9. The molecule has 0 aromatic carbocycles. The van der Waals surface area contributed by atoms with E-state index in [0.29, 0.717) is 6.42 Å². The fourth-order valence-corrected chi connectivity index (χ4v) is 3.28. The highest BCUT2D eigenvalue weighted by molar-refractivity contribution is 5.76. The Balaban J connectivity index is 0. The highest BCUT2D eigenvalue weighted by atomic mass is 16.1. The van der Waals surface area contributed by atoms with Crippen LogP contribution in [0.15, 0.2) is 0 Å². The van der Waals surface area contributed by atoms with E-state index in [-0.39, 0.29) is 22.0 Å². The lowest BCUT2D eigenvalue weighted by Gasteiger charge is -2.34. The maximum atomic E-state index is 11.1. The number of carbonyl (C=O) groups excluding carboxylic acids is 2. The SMILES string of the molecule is CCCC(C)(C)C=O.CNCC(C)(C)CC(C)(C)CC(C)=O. The van der Waals surface area contributed by atoms with Crippen LogP contribution < -0.4 is 5.32 Å². The van der Waals surface area contributed by atoms with Crippen molar-refractivity contribution in [2.45, 2.75) is 81.1 Å². The van der Waals surface area contributed by atoms with Crippen LogP contribution in [-0.2, 0) is 9.59 Å². The summed E-state index contributed by atoms with van der Waals surface area (Å²) in [4.78, 5) is 21.3. The van der Waals surface area contributed by atoms with Gasteiger partial charge in [-0.15, -0.1) is 0 Å². The van der Waals surface area contributed by atoms with E-state index in [9.17, 15) is 9.59 Å². The maximum Gasteiger partial charge on any atom is 0.130 e. The van der Waals surface area contributed by atoms with Crippen LogP contribution in [0.1, 0.15) is 81.1 Å². The lowest BCUT2D eigenvalue weighted by atomic mass is 9.73. The molecule has 0 aliphatic heterocycles. The Morgan fingerprint density at radius 3 is 1.82 bits per heavy atom. The van der Waals surface area contributed by atoms with Gasteiger partial charge in [0, 0.05) is 11.8 Å². The lowest BCUT2D eigenvalue weighted by Crippen LogP contribution is -2.32. The number of carbonyl (C=O) groups is 2. The summed E-state index contributed by atoms with van der Waals surface area (Å²) in [5, 5.41) is 3.20. The molecule has 1 N–H and O–H groups in total. The van der Waals surface area contributed by atoms with Crippen molar-refractivity contribution in [2.75, 3.05) is 13.6 Å². The van der Waals surface area contributed by atoms with Crippen LogP contribution in [0.5, 0.6) is 0 Å². The van der Waals surface area contributed by atoms with E-state index in [1.165, 1.54) is 0 Å². The average molecular weight is 314 g/mol. The van der Waals surface area contributed by atoms with Gasteiger partial charge >= 0.3 is 0 Å². The Bertz CT molecular complexity index is 330. The molecule has 0 aromatic heterocycles. The fraction of sp³-hybridized carbons (Fsp3) is 0.895. The topological polar surface area (TPSA) is 46.2 Å². The second kappa shape index (κ2) is 10.1. The predicted molar refractivity (Wildman–Crippen MR) is 96.2 cm³/mol. The summed E-state index contributed by atoms with van der Waals surface area (Å²) in [6, 6.07) is 0. The molecule has 0 rings (SSSR count). The molecular weight excluding hydrogens is 274 g/mol. The van der Waals surface area contributed by atoms with Crippen LogP contribution in [0.2, 0.25) is 0 Å². The molecule has 0 aliphatic carbocycles. The number of nitrogens with one attached hydrogen (secondary N) is 1. The molecule has 0 saturated carbocycles. The Hall–Kier alpha value is -0.700. The molecular formula is C19H39NO2. The molecule has 0 unspecified atom stereocenters. The zero-order valence-corrected chi connectivity index (χ0v) is 16.4. The number of Topliss-reactive ketones (excluding diaryl/α,β-unsaturated/α-hetero) is 1. The summed E-state index contributed by atoms with van der Waals surface area (Å²) in [6.45, 7) is 17.5. The van der Waals surface area contributed by atoms with Crippen molar-refractivity contribution >= 4 is 12.1 Å². The first-order chi connectivity index (χ1) is 9.81. The van der Waals surface area contributed by atoms with Crippen LogP contribution in [0.25, 0.3) is 0 Å². The Labute approximate surface area is 138 Å². The van der Waals surface area contributed by atoms with Gasteiger partial charge < -0.3 is 14.9 Å². The maximum absolute atomic E-state index is 11.1. The van der Waals surface area contributed by atoms with Gasteiger partial charge in [-0.2, -0.15) is 0 Å². The minimum Gasteiger partial charge on any atom is -0.319 e. The standard InChI is InChI=1S/C12H25NO.C7H14O/c1-10(14)7-11(2,3)8-12(4,5)9-13-6;1-4-5-7(2,3)6-8/h13H,7-9H2,1-6H3;6H,4-5H2,1-3H3. The van der Waals surface area contributed by atoms with Crippen LogP contribution in [-0.4, -0.2) is 25.7 Å². The van der Waals surface area contributed by atoms with E-state index in [1.807, 2.05) is 20.9 Å². The smallest absolute Gasteiger partial charge is 0.130 e. The Morgan fingerprint density at radius 1 is 1.05 bits per heavy atom. The van der Waals surface area contributed by atoms with Gasteiger partial charge in [-0.25, -0.2) is 0 Å². The molecule has 0 spiro atoms. The number of aldehydes is 1. The third kappa shape index (κ3) is 14.2. The first-order valence-electron chi connectivity index (χ1n) is 8.41. The molecule has 0 aliphatic rings. The average Bonchev–Trinajstić information content (AvgIpc) is 2.25. The molecule has 0 atom stereocenters. The number of rotatable bonds is 9. The van der Waals surface area contributed by atoms with Crippen LogP contribution in [0.4, 0.5) is 0 Å². The highest BCUT2D eigenvalue weighted by Gasteiger charge is 2.29. The largest absolute Gasteiger partial charge is 0.319 e. The first-order valence-corrected chi connectivity index (χ1v) is 8.41. The molecule has 0 amide bonds. The fourth-order valence-electron chi connectivity index (χ4n) is 3.28. The van der Waals surface area contributed by atoms with Crippen molar-refractivity contribution in [3.63, 3.8) is 0 Å². The minimum absolute atomic E-state index is 0.0885. The van der Waals surface area contributed by atoms with E-state index < -0.39 is 0 Å². The van der Waals surface area contributed by atoms with Crippen molar-refractivity contribution in [1.82, 2.24) is 5.32 Å². The van der Waals surface area contributed by atoms with E-state index in [4.69, 9.17) is 0 Å². The van der Waals surface area contributed by atoms with Gasteiger partial charge in [0.05, 0.1) is 0 Å². The van der Waals surface area contributed by atoms with Gasteiger partial charge in [-0.3, -0.25) is 0 Å². The summed E-state index contributed by atoms with van der Waals surface area (Å²) < 4.78 is 0. The first kappa shape index (κ1) is 23.6. The van der Waals surface area contributed by atoms with Crippen LogP contribution in [0.3, 0.4) is 0 Å². The van der Waals surface area contributed by atoms with E-state index in [0.717, 1.165) is 32.1 Å². The van der Waals surface area contributed by atoms with E-state index in [2.05, 4.69) is 39.9 Å². The van der Waals surface area contributed by atoms with Crippen LogP contribution in [0, 0.1) is 16.2 Å². The second-order valence-corrected chi connectivity index (χ2v) is 8.77. The van der Waals surface area contributed by atoms with Crippen molar-refractivity contribution in [2.24, 2.45) is 16.2 Å². The van der Waals surface area contributed by atoms with E-state index >= 15 is 0 Å². The zero-order valence-electron chi connectivity index (χ0n) is 16.4. The molecule has 22 heavy (non-hydrogen) atoms. The molecule has 132 valence electrons. The number of hydrogen-bond donors (Lipinski definition) is 1. The third-order valence-electron chi connectivity index (χ3n) is 3.55. The molecule has 0 radical (unpaired) electrons. The molecule has 0 heterocycles. The van der Waals surface area contributed by atoms with Crippen LogP contribution >= 0.6 is 0 Å². The van der Waals surface area contributed by atoms with Crippen molar-refractivity contribution in [1.29, 1.82) is 0 Å².